The lowest BCUT2D eigenvalue weighted by atomic mass is 10.1. The molecular formula is C18H21ClF2N6O2. The SMILES string of the molecule is CCCn1nc2c(c(C(F)F)cc(=O)n2CCC(=O)Nc2nn(C)cc2Cl)c1C. The van der Waals surface area contributed by atoms with E-state index >= 15 is 0 Å². The summed E-state index contributed by atoms with van der Waals surface area (Å²) < 4.78 is 31.3. The van der Waals surface area contributed by atoms with Crippen molar-refractivity contribution in [2.75, 3.05) is 5.32 Å². The number of rotatable bonds is 7. The van der Waals surface area contributed by atoms with E-state index in [1.807, 2.05) is 6.92 Å². The molecule has 3 aromatic heterocycles. The third-order valence-corrected chi connectivity index (χ3v) is 4.83. The summed E-state index contributed by atoms with van der Waals surface area (Å²) in [6, 6.07) is 0.922. The van der Waals surface area contributed by atoms with E-state index in [4.69, 9.17) is 11.6 Å². The van der Waals surface area contributed by atoms with Crippen LogP contribution in [0.4, 0.5) is 14.6 Å². The van der Waals surface area contributed by atoms with Crippen LogP contribution >= 0.6 is 11.6 Å². The van der Waals surface area contributed by atoms with Crippen LogP contribution in [-0.4, -0.2) is 30.0 Å². The number of aromatic nitrogens is 5. The number of fused-ring (bicyclic) bond motifs is 1. The number of amides is 1. The maximum Gasteiger partial charge on any atom is 0.264 e. The first kappa shape index (κ1) is 21.0. The van der Waals surface area contributed by atoms with Crippen LogP contribution in [0.2, 0.25) is 5.02 Å². The number of hydrogen-bond acceptors (Lipinski definition) is 4. The molecule has 0 bridgehead atoms. The van der Waals surface area contributed by atoms with Crippen LogP contribution in [0.15, 0.2) is 17.1 Å². The van der Waals surface area contributed by atoms with Crippen molar-refractivity contribution in [2.24, 2.45) is 7.05 Å². The molecule has 3 aromatic rings. The molecule has 156 valence electrons. The highest BCUT2D eigenvalue weighted by Crippen LogP contribution is 2.29. The molecule has 0 aromatic carbocycles. The summed E-state index contributed by atoms with van der Waals surface area (Å²) in [6.07, 6.45) is -0.573. The lowest BCUT2D eigenvalue weighted by Crippen LogP contribution is -2.24. The molecule has 0 saturated heterocycles. The Balaban J connectivity index is 1.92. The molecule has 0 aliphatic heterocycles. The minimum absolute atomic E-state index is 0.0162. The first-order valence-electron chi connectivity index (χ1n) is 9.10. The summed E-state index contributed by atoms with van der Waals surface area (Å²) in [4.78, 5) is 24.7. The van der Waals surface area contributed by atoms with Crippen LogP contribution in [0, 0.1) is 6.92 Å². The largest absolute Gasteiger partial charge is 0.308 e. The quantitative estimate of drug-likeness (QED) is 0.628. The van der Waals surface area contributed by atoms with Gasteiger partial charge in [0.15, 0.2) is 11.5 Å². The lowest BCUT2D eigenvalue weighted by Gasteiger charge is -2.09. The van der Waals surface area contributed by atoms with Gasteiger partial charge in [0.1, 0.15) is 5.02 Å². The summed E-state index contributed by atoms with van der Waals surface area (Å²) in [5.41, 5.74) is -0.249. The van der Waals surface area contributed by atoms with Gasteiger partial charge in [0.25, 0.3) is 12.0 Å². The Bertz CT molecular complexity index is 1120. The van der Waals surface area contributed by atoms with Crippen LogP contribution in [0.25, 0.3) is 11.0 Å². The maximum atomic E-state index is 13.5. The van der Waals surface area contributed by atoms with Gasteiger partial charge in [-0.2, -0.15) is 10.2 Å². The second-order valence-electron chi connectivity index (χ2n) is 6.69. The molecule has 29 heavy (non-hydrogen) atoms. The molecule has 0 fully saturated rings. The Morgan fingerprint density at radius 3 is 2.62 bits per heavy atom. The Hall–Kier alpha value is -2.75. The minimum Gasteiger partial charge on any atom is -0.308 e. The van der Waals surface area contributed by atoms with Crippen LogP contribution < -0.4 is 10.9 Å². The summed E-state index contributed by atoms with van der Waals surface area (Å²) in [5.74, 6) is -0.193. The van der Waals surface area contributed by atoms with Crippen LogP contribution in [0.3, 0.4) is 0 Å². The third kappa shape index (κ3) is 4.16. The first-order valence-corrected chi connectivity index (χ1v) is 9.48. The second-order valence-corrected chi connectivity index (χ2v) is 7.10. The molecule has 3 rings (SSSR count). The predicted octanol–water partition coefficient (Wildman–Crippen LogP) is 3.27. The normalized spacial score (nSPS) is 11.6. The Labute approximate surface area is 170 Å². The maximum absolute atomic E-state index is 13.5. The average molecular weight is 427 g/mol. The fourth-order valence-electron chi connectivity index (χ4n) is 3.21. The number of hydrogen-bond donors (Lipinski definition) is 1. The number of alkyl halides is 2. The number of carbonyl (C=O) groups excluding carboxylic acids is 1. The van der Waals surface area contributed by atoms with Crippen molar-refractivity contribution < 1.29 is 13.6 Å². The molecule has 11 heteroatoms. The molecule has 0 saturated carbocycles. The summed E-state index contributed by atoms with van der Waals surface area (Å²) in [6.45, 7) is 4.16. The van der Waals surface area contributed by atoms with Gasteiger partial charge >= 0.3 is 0 Å². The van der Waals surface area contributed by atoms with E-state index in [2.05, 4.69) is 15.5 Å². The van der Waals surface area contributed by atoms with Crippen LogP contribution in [0.1, 0.15) is 37.4 Å². The van der Waals surface area contributed by atoms with E-state index in [-0.39, 0.29) is 40.4 Å². The van der Waals surface area contributed by atoms with Gasteiger partial charge in [-0.1, -0.05) is 18.5 Å². The monoisotopic (exact) mass is 426 g/mol. The zero-order chi connectivity index (χ0) is 21.3. The highest BCUT2D eigenvalue weighted by Gasteiger charge is 2.22. The number of carbonyl (C=O) groups is 1. The Morgan fingerprint density at radius 1 is 1.31 bits per heavy atom. The summed E-state index contributed by atoms with van der Waals surface area (Å²) in [5, 5.41) is 11.5. The van der Waals surface area contributed by atoms with Gasteiger partial charge in [-0.25, -0.2) is 8.78 Å². The molecule has 1 amide bonds. The van der Waals surface area contributed by atoms with Crippen molar-refractivity contribution in [3.63, 3.8) is 0 Å². The number of aryl methyl sites for hydroxylation is 4. The number of anilines is 1. The first-order chi connectivity index (χ1) is 13.7. The zero-order valence-corrected chi connectivity index (χ0v) is 17.0. The third-order valence-electron chi connectivity index (χ3n) is 4.55. The van der Waals surface area contributed by atoms with Gasteiger partial charge in [0.05, 0.1) is 0 Å². The molecule has 0 aliphatic rings. The molecule has 0 radical (unpaired) electrons. The number of nitrogens with one attached hydrogen (secondary N) is 1. The summed E-state index contributed by atoms with van der Waals surface area (Å²) in [7, 11) is 1.66. The number of halogens is 3. The van der Waals surface area contributed by atoms with Gasteiger partial charge in [-0.15, -0.1) is 0 Å². The topological polar surface area (TPSA) is 86.7 Å². The van der Waals surface area contributed by atoms with Gasteiger partial charge in [0, 0.05) is 55.5 Å². The smallest absolute Gasteiger partial charge is 0.264 e. The zero-order valence-electron chi connectivity index (χ0n) is 16.2. The molecule has 8 nitrogen and oxygen atoms in total. The fourth-order valence-corrected chi connectivity index (χ4v) is 3.44. The fraction of sp³-hybridized carbons (Fsp3) is 0.444. The molecule has 1 N–H and O–H groups in total. The summed E-state index contributed by atoms with van der Waals surface area (Å²) >= 11 is 5.97. The highest BCUT2D eigenvalue weighted by molar-refractivity contribution is 6.33. The van der Waals surface area contributed by atoms with Crippen molar-refractivity contribution in [1.29, 1.82) is 0 Å². The number of pyridine rings is 1. The minimum atomic E-state index is -2.80. The van der Waals surface area contributed by atoms with Crippen molar-refractivity contribution in [3.8, 4) is 0 Å². The van der Waals surface area contributed by atoms with E-state index in [1.165, 1.54) is 15.4 Å². The molecule has 0 spiro atoms. The van der Waals surface area contributed by atoms with E-state index < -0.39 is 17.9 Å². The molecule has 0 unspecified atom stereocenters. The van der Waals surface area contributed by atoms with Gasteiger partial charge in [-0.05, 0) is 13.3 Å². The molecule has 3 heterocycles. The number of nitrogens with zero attached hydrogens (tertiary/aromatic N) is 5. The van der Waals surface area contributed by atoms with Crippen molar-refractivity contribution >= 4 is 34.4 Å². The standard InChI is InChI=1S/C18H21ClF2N6O2/c1-4-6-27-10(2)15-11(16(20)21)8-14(29)26(18(15)24-27)7-5-13(28)22-17-12(19)9-25(3)23-17/h8-9,16H,4-7H2,1-3H3,(H,22,23,28). The average Bonchev–Trinajstić information content (AvgIpc) is 3.13. The van der Waals surface area contributed by atoms with E-state index in [0.717, 1.165) is 12.5 Å². The molecule has 0 aliphatic carbocycles. The van der Waals surface area contributed by atoms with Crippen molar-refractivity contribution in [2.45, 2.75) is 46.2 Å². The predicted molar refractivity (Wildman–Crippen MR) is 105 cm³/mol. The van der Waals surface area contributed by atoms with Crippen LogP contribution in [0.5, 0.6) is 0 Å². The van der Waals surface area contributed by atoms with Gasteiger partial charge < -0.3 is 5.32 Å². The molecule has 0 atom stereocenters. The van der Waals surface area contributed by atoms with Crippen molar-refractivity contribution in [3.05, 3.63) is 38.9 Å². The van der Waals surface area contributed by atoms with E-state index in [9.17, 15) is 18.4 Å². The van der Waals surface area contributed by atoms with Crippen LogP contribution in [-0.2, 0) is 24.9 Å². The van der Waals surface area contributed by atoms with Gasteiger partial charge in [0.2, 0.25) is 5.91 Å². The van der Waals surface area contributed by atoms with E-state index in [1.54, 1.807) is 18.7 Å². The highest BCUT2D eigenvalue weighted by atomic mass is 35.5. The lowest BCUT2D eigenvalue weighted by molar-refractivity contribution is -0.116. The Morgan fingerprint density at radius 2 is 2.03 bits per heavy atom. The van der Waals surface area contributed by atoms with Gasteiger partial charge in [-0.3, -0.25) is 23.5 Å². The Kier molecular flexibility index (Phi) is 6.02. The molecular weight excluding hydrogens is 406 g/mol. The van der Waals surface area contributed by atoms with Crippen molar-refractivity contribution in [1.82, 2.24) is 24.1 Å². The second kappa shape index (κ2) is 8.32. The van der Waals surface area contributed by atoms with E-state index in [0.29, 0.717) is 12.2 Å².